The summed E-state index contributed by atoms with van der Waals surface area (Å²) >= 11 is 11.8. The van der Waals surface area contributed by atoms with Gasteiger partial charge in [-0.05, 0) is 37.3 Å². The first-order chi connectivity index (χ1) is 12.5. The molecule has 0 bridgehead atoms. The highest BCUT2D eigenvalue weighted by Gasteiger charge is 2.08. The molecule has 0 aliphatic heterocycles. The summed E-state index contributed by atoms with van der Waals surface area (Å²) in [6.07, 6.45) is 3.33. The van der Waals surface area contributed by atoms with Crippen LogP contribution in [0.15, 0.2) is 48.8 Å². The van der Waals surface area contributed by atoms with Crippen molar-refractivity contribution in [2.45, 2.75) is 6.92 Å². The van der Waals surface area contributed by atoms with Crippen LogP contribution in [0.1, 0.15) is 5.69 Å². The van der Waals surface area contributed by atoms with Crippen molar-refractivity contribution in [1.82, 2.24) is 15.0 Å². The van der Waals surface area contributed by atoms with Crippen LogP contribution in [0.2, 0.25) is 10.0 Å². The number of pyridine rings is 1. The number of nitrogens with one attached hydrogen (secondary N) is 3. The highest BCUT2D eigenvalue weighted by atomic mass is 35.5. The van der Waals surface area contributed by atoms with Crippen LogP contribution in [0, 0.1) is 6.92 Å². The zero-order chi connectivity index (χ0) is 18.5. The van der Waals surface area contributed by atoms with Gasteiger partial charge in [0.15, 0.2) is 0 Å². The number of hydrogen-bond donors (Lipinski definition) is 3. The van der Waals surface area contributed by atoms with E-state index < -0.39 is 6.03 Å². The standard InChI is InChI=1S/C17H14Cl2N6O/c1-10-8-15(22-11-4-6-20-7-5-11)24-16(21-10)25-17(26)23-12-2-3-13(18)14(19)9-12/h2-9H,1H3,(H3,20,21,22,23,24,25,26). The van der Waals surface area contributed by atoms with Crippen LogP contribution in [0.5, 0.6) is 0 Å². The van der Waals surface area contributed by atoms with Crippen LogP contribution in [-0.2, 0) is 0 Å². The molecule has 9 heteroatoms. The lowest BCUT2D eigenvalue weighted by Crippen LogP contribution is -2.21. The molecule has 0 spiro atoms. The van der Waals surface area contributed by atoms with E-state index in [9.17, 15) is 4.79 Å². The minimum Gasteiger partial charge on any atom is -0.340 e. The molecular weight excluding hydrogens is 375 g/mol. The number of anilines is 4. The van der Waals surface area contributed by atoms with E-state index in [0.29, 0.717) is 27.2 Å². The number of amides is 2. The van der Waals surface area contributed by atoms with Gasteiger partial charge in [0.2, 0.25) is 5.95 Å². The second-order valence-corrected chi connectivity index (χ2v) is 6.10. The van der Waals surface area contributed by atoms with E-state index in [1.165, 1.54) is 0 Å². The van der Waals surface area contributed by atoms with Gasteiger partial charge in [0.05, 0.1) is 10.0 Å². The number of halogens is 2. The third-order valence-corrected chi connectivity index (χ3v) is 3.95. The largest absolute Gasteiger partial charge is 0.340 e. The van der Waals surface area contributed by atoms with E-state index >= 15 is 0 Å². The number of nitrogens with zero attached hydrogens (tertiary/aromatic N) is 3. The van der Waals surface area contributed by atoms with Crippen molar-refractivity contribution >= 4 is 52.4 Å². The van der Waals surface area contributed by atoms with Gasteiger partial charge in [-0.2, -0.15) is 4.98 Å². The number of aryl methyl sites for hydroxylation is 1. The fraction of sp³-hybridized carbons (Fsp3) is 0.0588. The summed E-state index contributed by atoms with van der Waals surface area (Å²) in [7, 11) is 0. The summed E-state index contributed by atoms with van der Waals surface area (Å²) in [5.74, 6) is 0.715. The van der Waals surface area contributed by atoms with Gasteiger partial charge in [0.1, 0.15) is 5.82 Å². The molecule has 0 aliphatic carbocycles. The SMILES string of the molecule is Cc1cc(Nc2ccncc2)nc(NC(=O)Nc2ccc(Cl)c(Cl)c2)n1. The van der Waals surface area contributed by atoms with Crippen molar-refractivity contribution in [3.8, 4) is 0 Å². The van der Waals surface area contributed by atoms with Gasteiger partial charge in [0, 0.05) is 35.5 Å². The molecule has 0 atom stereocenters. The van der Waals surface area contributed by atoms with Gasteiger partial charge in [-0.3, -0.25) is 10.3 Å². The Bertz CT molecular complexity index is 936. The Kier molecular flexibility index (Phi) is 5.50. The lowest BCUT2D eigenvalue weighted by atomic mass is 10.3. The summed E-state index contributed by atoms with van der Waals surface area (Å²) in [4.78, 5) is 24.6. The van der Waals surface area contributed by atoms with Gasteiger partial charge in [-0.25, -0.2) is 9.78 Å². The molecule has 2 amide bonds. The Morgan fingerprint density at radius 3 is 2.42 bits per heavy atom. The van der Waals surface area contributed by atoms with E-state index in [2.05, 4.69) is 30.9 Å². The minimum atomic E-state index is -0.496. The number of carbonyl (C=O) groups is 1. The fourth-order valence-electron chi connectivity index (χ4n) is 2.11. The second-order valence-electron chi connectivity index (χ2n) is 5.29. The predicted molar refractivity (Wildman–Crippen MR) is 103 cm³/mol. The van der Waals surface area contributed by atoms with E-state index in [1.54, 1.807) is 36.7 Å². The molecule has 3 N–H and O–H groups in total. The molecule has 132 valence electrons. The Morgan fingerprint density at radius 2 is 1.69 bits per heavy atom. The number of benzene rings is 1. The van der Waals surface area contributed by atoms with E-state index in [4.69, 9.17) is 23.2 Å². The van der Waals surface area contributed by atoms with Crippen molar-refractivity contribution in [1.29, 1.82) is 0 Å². The number of rotatable bonds is 4. The summed E-state index contributed by atoms with van der Waals surface area (Å²) in [5, 5.41) is 9.12. The topological polar surface area (TPSA) is 91.8 Å². The minimum absolute atomic E-state index is 0.166. The smallest absolute Gasteiger partial charge is 0.326 e. The second kappa shape index (κ2) is 7.99. The molecule has 2 heterocycles. The van der Waals surface area contributed by atoms with Crippen LogP contribution in [0.4, 0.5) is 27.9 Å². The molecule has 0 radical (unpaired) electrons. The van der Waals surface area contributed by atoms with Crippen molar-refractivity contribution in [2.75, 3.05) is 16.0 Å². The Morgan fingerprint density at radius 1 is 0.923 bits per heavy atom. The van der Waals surface area contributed by atoms with Crippen LogP contribution < -0.4 is 16.0 Å². The first-order valence-electron chi connectivity index (χ1n) is 7.55. The average Bonchev–Trinajstić information content (AvgIpc) is 2.58. The maximum Gasteiger partial charge on any atom is 0.326 e. The van der Waals surface area contributed by atoms with Crippen molar-refractivity contribution in [3.63, 3.8) is 0 Å². The van der Waals surface area contributed by atoms with Crippen LogP contribution in [-0.4, -0.2) is 21.0 Å². The number of hydrogen-bond acceptors (Lipinski definition) is 5. The molecule has 0 unspecified atom stereocenters. The number of urea groups is 1. The summed E-state index contributed by atoms with van der Waals surface area (Å²) in [6, 6.07) is 9.67. The molecule has 26 heavy (non-hydrogen) atoms. The zero-order valence-electron chi connectivity index (χ0n) is 13.6. The first-order valence-corrected chi connectivity index (χ1v) is 8.31. The third kappa shape index (κ3) is 4.81. The third-order valence-electron chi connectivity index (χ3n) is 3.21. The van der Waals surface area contributed by atoms with Crippen LogP contribution in [0.3, 0.4) is 0 Å². The number of carbonyl (C=O) groups excluding carboxylic acids is 1. The monoisotopic (exact) mass is 388 g/mol. The summed E-state index contributed by atoms with van der Waals surface area (Å²) in [6.45, 7) is 1.81. The molecular formula is C17H14Cl2N6O. The summed E-state index contributed by atoms with van der Waals surface area (Å²) < 4.78 is 0. The van der Waals surface area contributed by atoms with Gasteiger partial charge >= 0.3 is 6.03 Å². The van der Waals surface area contributed by atoms with E-state index in [-0.39, 0.29) is 5.95 Å². The predicted octanol–water partition coefficient (Wildman–Crippen LogP) is 4.87. The lowest BCUT2D eigenvalue weighted by molar-refractivity contribution is 0.262. The highest BCUT2D eigenvalue weighted by Crippen LogP contribution is 2.25. The molecule has 7 nitrogen and oxygen atoms in total. The van der Waals surface area contributed by atoms with Crippen LogP contribution >= 0.6 is 23.2 Å². The molecule has 1 aromatic carbocycles. The Hall–Kier alpha value is -2.90. The van der Waals surface area contributed by atoms with Crippen molar-refractivity contribution in [2.24, 2.45) is 0 Å². The zero-order valence-corrected chi connectivity index (χ0v) is 15.1. The van der Waals surface area contributed by atoms with E-state index in [1.807, 2.05) is 19.1 Å². The molecule has 3 aromatic rings. The van der Waals surface area contributed by atoms with Gasteiger partial charge < -0.3 is 10.6 Å². The number of aromatic nitrogens is 3. The quantitative estimate of drug-likeness (QED) is 0.592. The molecule has 0 fully saturated rings. The Labute approximate surface area is 159 Å². The Balaban J connectivity index is 1.70. The van der Waals surface area contributed by atoms with E-state index in [0.717, 1.165) is 5.69 Å². The van der Waals surface area contributed by atoms with Gasteiger partial charge in [0.25, 0.3) is 0 Å². The van der Waals surface area contributed by atoms with Gasteiger partial charge in [-0.15, -0.1) is 0 Å². The normalized spacial score (nSPS) is 10.3. The first kappa shape index (κ1) is 17.9. The molecule has 0 saturated heterocycles. The summed E-state index contributed by atoms with van der Waals surface area (Å²) in [5.41, 5.74) is 2.02. The maximum atomic E-state index is 12.2. The maximum absolute atomic E-state index is 12.2. The fourth-order valence-corrected chi connectivity index (χ4v) is 2.41. The molecule has 0 saturated carbocycles. The molecule has 3 rings (SSSR count). The molecule has 2 aromatic heterocycles. The molecule has 0 aliphatic rings. The van der Waals surface area contributed by atoms with Crippen molar-refractivity contribution < 1.29 is 4.79 Å². The van der Waals surface area contributed by atoms with Crippen molar-refractivity contribution in [3.05, 3.63) is 64.5 Å². The van der Waals surface area contributed by atoms with Gasteiger partial charge in [-0.1, -0.05) is 23.2 Å². The lowest BCUT2D eigenvalue weighted by Gasteiger charge is -2.10. The highest BCUT2D eigenvalue weighted by molar-refractivity contribution is 6.42. The average molecular weight is 389 g/mol. The van der Waals surface area contributed by atoms with Crippen LogP contribution in [0.25, 0.3) is 0 Å².